The minimum absolute atomic E-state index is 0.0229. The lowest BCUT2D eigenvalue weighted by Gasteiger charge is -2.30. The molecule has 1 aliphatic heterocycles. The van der Waals surface area contributed by atoms with Gasteiger partial charge >= 0.3 is 0 Å². The lowest BCUT2D eigenvalue weighted by Crippen LogP contribution is -2.44. The number of primary amides is 1. The molecule has 0 radical (unpaired) electrons. The molecule has 2 saturated carbocycles. The van der Waals surface area contributed by atoms with Crippen LogP contribution < -0.4 is 20.5 Å². The number of benzene rings is 2. The van der Waals surface area contributed by atoms with Crippen LogP contribution in [0, 0.1) is 11.7 Å². The molecular formula is C32H31ClFN5O5. The Morgan fingerprint density at radius 1 is 1.25 bits per heavy atom. The number of amides is 2. The van der Waals surface area contributed by atoms with Crippen molar-refractivity contribution in [3.63, 3.8) is 0 Å². The molecule has 12 heteroatoms. The fourth-order valence-electron chi connectivity index (χ4n) is 5.90. The molecule has 44 heavy (non-hydrogen) atoms. The molecule has 2 amide bonds. The van der Waals surface area contributed by atoms with Crippen molar-refractivity contribution in [2.24, 2.45) is 11.7 Å². The van der Waals surface area contributed by atoms with Crippen LogP contribution in [0.2, 0.25) is 5.02 Å². The molecule has 1 unspecified atom stereocenters. The summed E-state index contributed by atoms with van der Waals surface area (Å²) in [5.74, 6) is -1.01. The van der Waals surface area contributed by atoms with Crippen LogP contribution in [-0.2, 0) is 15.8 Å². The number of hydrogen-bond donors (Lipinski definition) is 3. The third-order valence-corrected chi connectivity index (χ3v) is 9.31. The first-order valence-corrected chi connectivity index (χ1v) is 14.9. The number of pyridine rings is 1. The number of nitrogens with one attached hydrogen (secondary N) is 1. The maximum absolute atomic E-state index is 14.1. The third kappa shape index (κ3) is 4.66. The van der Waals surface area contributed by atoms with E-state index in [2.05, 4.69) is 10.4 Å². The number of aliphatic hydroxyl groups is 1. The Bertz CT molecular complexity index is 1850. The molecule has 0 spiro atoms. The van der Waals surface area contributed by atoms with E-state index in [9.17, 15) is 19.1 Å². The highest BCUT2D eigenvalue weighted by molar-refractivity contribution is 6.31. The molecule has 4 N–H and O–H groups in total. The van der Waals surface area contributed by atoms with E-state index in [1.54, 1.807) is 25.1 Å². The second-order valence-corrected chi connectivity index (χ2v) is 12.6. The molecule has 0 bridgehead atoms. The van der Waals surface area contributed by atoms with E-state index in [1.165, 1.54) is 25.3 Å². The molecular weight excluding hydrogens is 589 g/mol. The summed E-state index contributed by atoms with van der Waals surface area (Å²) in [5, 5.41) is 20.4. The first-order chi connectivity index (χ1) is 21.0. The summed E-state index contributed by atoms with van der Waals surface area (Å²) >= 11 is 6.10. The smallest absolute Gasteiger partial charge is 0.251 e. The Balaban J connectivity index is 1.26. The fraction of sp³-hybridized carbons (Fsp3) is 0.375. The van der Waals surface area contributed by atoms with Crippen LogP contribution in [0.3, 0.4) is 0 Å². The van der Waals surface area contributed by atoms with Gasteiger partial charge in [-0.2, -0.15) is 5.10 Å². The number of nitrogens with zero attached hydrogens (tertiary/aromatic N) is 3. The first-order valence-electron chi connectivity index (χ1n) is 14.5. The zero-order chi connectivity index (χ0) is 31.0. The quantitative estimate of drug-likeness (QED) is 0.252. The molecule has 2 aromatic carbocycles. The van der Waals surface area contributed by atoms with Gasteiger partial charge in [0.05, 0.1) is 30.4 Å². The highest BCUT2D eigenvalue weighted by Gasteiger charge is 2.50. The summed E-state index contributed by atoms with van der Waals surface area (Å²) < 4.78 is 27.5. The average molecular weight is 620 g/mol. The molecule has 228 valence electrons. The topological polar surface area (TPSA) is 142 Å². The number of carbonyl (C=O) groups is 2. The summed E-state index contributed by atoms with van der Waals surface area (Å²) in [4.78, 5) is 30.9. The highest BCUT2D eigenvalue weighted by Crippen LogP contribution is 2.50. The van der Waals surface area contributed by atoms with Crippen molar-refractivity contribution in [3.8, 4) is 22.8 Å². The van der Waals surface area contributed by atoms with Gasteiger partial charge in [0.2, 0.25) is 5.91 Å². The van der Waals surface area contributed by atoms with Gasteiger partial charge in [0.15, 0.2) is 0 Å². The van der Waals surface area contributed by atoms with Crippen LogP contribution in [0.25, 0.3) is 22.2 Å². The highest BCUT2D eigenvalue weighted by atomic mass is 35.5. The van der Waals surface area contributed by atoms with Gasteiger partial charge in [-0.15, -0.1) is 0 Å². The van der Waals surface area contributed by atoms with E-state index < -0.39 is 28.6 Å². The predicted octanol–water partition coefficient (Wildman–Crippen LogP) is 4.40. The minimum Gasteiger partial charge on any atom is -0.494 e. The third-order valence-electron chi connectivity index (χ3n) is 9.02. The van der Waals surface area contributed by atoms with Gasteiger partial charge in [-0.1, -0.05) is 11.6 Å². The van der Waals surface area contributed by atoms with E-state index in [4.69, 9.17) is 31.8 Å². The van der Waals surface area contributed by atoms with E-state index in [1.807, 2.05) is 10.9 Å². The Labute approximate surface area is 257 Å². The van der Waals surface area contributed by atoms with Gasteiger partial charge in [0.25, 0.3) is 5.91 Å². The van der Waals surface area contributed by atoms with Gasteiger partial charge in [-0.25, -0.2) is 9.37 Å². The summed E-state index contributed by atoms with van der Waals surface area (Å²) in [5.41, 5.74) is 5.50. The van der Waals surface area contributed by atoms with Gasteiger partial charge < -0.3 is 25.6 Å². The van der Waals surface area contributed by atoms with E-state index in [0.29, 0.717) is 52.6 Å². The molecule has 2 atom stereocenters. The Kier molecular flexibility index (Phi) is 6.60. The second-order valence-electron chi connectivity index (χ2n) is 12.2. The van der Waals surface area contributed by atoms with Gasteiger partial charge in [0.1, 0.15) is 46.1 Å². The number of halogens is 2. The number of hydrogen-bond acceptors (Lipinski definition) is 7. The predicted molar refractivity (Wildman–Crippen MR) is 160 cm³/mol. The molecule has 0 saturated heterocycles. The number of nitrogens with two attached hydrogens (primary N) is 1. The maximum atomic E-state index is 14.1. The van der Waals surface area contributed by atoms with E-state index in [-0.39, 0.29) is 35.5 Å². The first kappa shape index (κ1) is 28.5. The lowest BCUT2D eigenvalue weighted by atomic mass is 9.81. The van der Waals surface area contributed by atoms with Crippen molar-refractivity contribution >= 4 is 34.3 Å². The molecule has 3 heterocycles. The zero-order valence-electron chi connectivity index (χ0n) is 24.2. The monoisotopic (exact) mass is 619 g/mol. The standard InChI is InChI=1S/C32H31ClFN5O5/c1-31(30(35)41)15-44-28-21(31)12-25(37-27(28)16-3-8-23(34)22(33)10-16)32(42,19-4-5-19)14-36-29(40)17-9-18-13-39(20-6-7-20)38-26(18)24(11-17)43-2/h3,8-13,19-20,42H,4-7,14-15H2,1-2H3,(H2,35,41)(H,36,40)/t31-,32?/m0/s1. The van der Waals surface area contributed by atoms with Crippen LogP contribution in [-0.4, -0.2) is 51.9 Å². The lowest BCUT2D eigenvalue weighted by molar-refractivity contribution is -0.123. The Morgan fingerprint density at radius 2 is 2.02 bits per heavy atom. The number of aromatic nitrogens is 3. The average Bonchev–Trinajstić information content (AvgIpc) is 3.96. The number of carbonyl (C=O) groups excluding carboxylic acids is 2. The summed E-state index contributed by atoms with van der Waals surface area (Å²) in [6.45, 7) is 1.49. The van der Waals surface area contributed by atoms with Gasteiger partial charge in [0, 0.05) is 28.3 Å². The Hall–Kier alpha value is -4.22. The number of rotatable bonds is 9. The largest absolute Gasteiger partial charge is 0.494 e. The van der Waals surface area contributed by atoms with Crippen molar-refractivity contribution in [1.82, 2.24) is 20.1 Å². The van der Waals surface area contributed by atoms with Gasteiger partial charge in [-0.05, 0) is 74.9 Å². The summed E-state index contributed by atoms with van der Waals surface area (Å²) in [7, 11) is 1.54. The summed E-state index contributed by atoms with van der Waals surface area (Å²) in [6, 6.07) is 9.53. The van der Waals surface area contributed by atoms with Crippen molar-refractivity contribution in [2.45, 2.75) is 49.7 Å². The second kappa shape index (κ2) is 10.2. The van der Waals surface area contributed by atoms with Crippen LogP contribution in [0.15, 0.2) is 42.6 Å². The van der Waals surface area contributed by atoms with Crippen molar-refractivity contribution in [1.29, 1.82) is 0 Å². The Morgan fingerprint density at radius 3 is 2.68 bits per heavy atom. The normalized spacial score (nSPS) is 20.6. The number of fused-ring (bicyclic) bond motifs is 2. The zero-order valence-corrected chi connectivity index (χ0v) is 24.9. The van der Waals surface area contributed by atoms with Crippen LogP contribution in [0.4, 0.5) is 4.39 Å². The molecule has 3 aliphatic rings. The molecule has 2 aromatic heterocycles. The van der Waals surface area contributed by atoms with Crippen LogP contribution >= 0.6 is 11.6 Å². The summed E-state index contributed by atoms with van der Waals surface area (Å²) in [6.07, 6.45) is 5.49. The van der Waals surface area contributed by atoms with Crippen LogP contribution in [0.5, 0.6) is 11.5 Å². The van der Waals surface area contributed by atoms with Crippen LogP contribution in [0.1, 0.15) is 60.3 Å². The number of ether oxygens (including phenoxy) is 2. The van der Waals surface area contributed by atoms with E-state index in [0.717, 1.165) is 18.2 Å². The number of methoxy groups -OCH3 is 1. The van der Waals surface area contributed by atoms with Crippen molar-refractivity contribution < 1.29 is 28.6 Å². The molecule has 2 fully saturated rings. The maximum Gasteiger partial charge on any atom is 0.251 e. The van der Waals surface area contributed by atoms with Crippen molar-refractivity contribution in [3.05, 3.63) is 70.3 Å². The van der Waals surface area contributed by atoms with Gasteiger partial charge in [-0.3, -0.25) is 14.3 Å². The minimum atomic E-state index is -1.59. The SMILES string of the molecule is COc1cc(C(=O)NCC(O)(c2cc3c(c(-c4ccc(F)c(Cl)c4)n2)OC[C@]3(C)C(N)=O)C2CC2)cc2cn(C3CC3)nc12. The fourth-order valence-corrected chi connectivity index (χ4v) is 6.09. The van der Waals surface area contributed by atoms with Crippen molar-refractivity contribution in [2.75, 3.05) is 20.3 Å². The molecule has 10 nitrogen and oxygen atoms in total. The molecule has 7 rings (SSSR count). The van der Waals surface area contributed by atoms with E-state index >= 15 is 0 Å². The molecule has 2 aliphatic carbocycles. The molecule has 4 aromatic rings.